The average molecular weight is 286 g/mol. The molecule has 2 aromatic heterocycles. The fraction of sp³-hybridized carbons (Fsp3) is 0.300. The maximum atomic E-state index is 6.10. The molecule has 2 aromatic rings. The zero-order valence-electron chi connectivity index (χ0n) is 8.35. The highest BCUT2D eigenvalue weighted by Crippen LogP contribution is 2.27. The number of aryl methyl sites for hydroxylation is 1. The second kappa shape index (κ2) is 4.47. The Morgan fingerprint density at radius 1 is 1.60 bits per heavy atom. The molecule has 0 aromatic carbocycles. The molecule has 0 fully saturated rings. The van der Waals surface area contributed by atoms with Gasteiger partial charge in [0.1, 0.15) is 0 Å². The predicted octanol–water partition coefficient (Wildman–Crippen LogP) is 2.49. The van der Waals surface area contributed by atoms with Crippen LogP contribution in [-0.2, 0) is 13.5 Å². The third-order valence-electron chi connectivity index (χ3n) is 2.17. The normalized spacial score (nSPS) is 13.0. The summed E-state index contributed by atoms with van der Waals surface area (Å²) >= 11 is 5.12. The van der Waals surface area contributed by atoms with E-state index in [4.69, 9.17) is 5.73 Å². The lowest BCUT2D eigenvalue weighted by Crippen LogP contribution is -2.11. The molecule has 0 bridgehead atoms. The maximum absolute atomic E-state index is 6.10. The van der Waals surface area contributed by atoms with E-state index < -0.39 is 0 Å². The summed E-state index contributed by atoms with van der Waals surface area (Å²) in [7, 11) is 1.91. The molecule has 0 saturated carbocycles. The Hall–Kier alpha value is -0.650. The largest absolute Gasteiger partial charge is 0.323 e. The van der Waals surface area contributed by atoms with Gasteiger partial charge in [-0.3, -0.25) is 4.68 Å². The van der Waals surface area contributed by atoms with Crippen LogP contribution in [0.4, 0.5) is 0 Å². The first-order valence-corrected chi connectivity index (χ1v) is 6.24. The Morgan fingerprint density at radius 2 is 2.40 bits per heavy atom. The molecule has 1 atom stereocenters. The summed E-state index contributed by atoms with van der Waals surface area (Å²) in [6.07, 6.45) is 4.70. The molecule has 3 nitrogen and oxygen atoms in total. The van der Waals surface area contributed by atoms with Gasteiger partial charge in [0.05, 0.1) is 9.98 Å². The van der Waals surface area contributed by atoms with Crippen LogP contribution in [0, 0.1) is 0 Å². The van der Waals surface area contributed by atoms with E-state index in [0.717, 1.165) is 10.2 Å². The highest BCUT2D eigenvalue weighted by molar-refractivity contribution is 9.11. The van der Waals surface area contributed by atoms with Crippen molar-refractivity contribution in [3.63, 3.8) is 0 Å². The molecule has 1 unspecified atom stereocenters. The smallest absolute Gasteiger partial charge is 0.0701 e. The molecule has 0 aliphatic carbocycles. The van der Waals surface area contributed by atoms with Crippen molar-refractivity contribution >= 4 is 27.3 Å². The van der Waals surface area contributed by atoms with Crippen molar-refractivity contribution in [1.29, 1.82) is 0 Å². The molecular formula is C10H12BrN3S. The lowest BCUT2D eigenvalue weighted by Gasteiger charge is -2.06. The third kappa shape index (κ3) is 2.68. The minimum Gasteiger partial charge on any atom is -0.323 e. The summed E-state index contributed by atoms with van der Waals surface area (Å²) in [5.41, 5.74) is 7.28. The van der Waals surface area contributed by atoms with Gasteiger partial charge in [0.15, 0.2) is 0 Å². The van der Waals surface area contributed by atoms with Crippen LogP contribution in [0.15, 0.2) is 28.3 Å². The van der Waals surface area contributed by atoms with E-state index in [1.165, 1.54) is 10.4 Å². The van der Waals surface area contributed by atoms with Crippen molar-refractivity contribution in [2.45, 2.75) is 12.5 Å². The zero-order chi connectivity index (χ0) is 10.8. The summed E-state index contributed by atoms with van der Waals surface area (Å²) < 4.78 is 2.92. The highest BCUT2D eigenvalue weighted by atomic mass is 79.9. The highest BCUT2D eigenvalue weighted by Gasteiger charge is 2.10. The van der Waals surface area contributed by atoms with E-state index >= 15 is 0 Å². The van der Waals surface area contributed by atoms with E-state index in [1.54, 1.807) is 16.0 Å². The number of nitrogens with zero attached hydrogens (tertiary/aromatic N) is 2. The predicted molar refractivity (Wildman–Crippen MR) is 65.9 cm³/mol. The van der Waals surface area contributed by atoms with E-state index in [9.17, 15) is 0 Å². The molecule has 2 N–H and O–H groups in total. The van der Waals surface area contributed by atoms with Crippen molar-refractivity contribution < 1.29 is 0 Å². The van der Waals surface area contributed by atoms with Crippen LogP contribution in [0.25, 0.3) is 0 Å². The Balaban J connectivity index is 2.06. The van der Waals surface area contributed by atoms with Crippen LogP contribution in [0.3, 0.4) is 0 Å². The van der Waals surface area contributed by atoms with Crippen molar-refractivity contribution in [3.05, 3.63) is 38.8 Å². The number of rotatable bonds is 3. The number of hydrogen-bond donors (Lipinski definition) is 1. The van der Waals surface area contributed by atoms with E-state index in [0.29, 0.717) is 0 Å². The molecule has 2 rings (SSSR count). The summed E-state index contributed by atoms with van der Waals surface area (Å²) in [4.78, 5) is 1.20. The summed E-state index contributed by atoms with van der Waals surface area (Å²) in [6, 6.07) is 4.16. The third-order valence-corrected chi connectivity index (χ3v) is 3.93. The van der Waals surface area contributed by atoms with Gasteiger partial charge in [0.2, 0.25) is 0 Å². The number of aromatic nitrogens is 2. The Labute approximate surface area is 101 Å². The molecule has 0 radical (unpaired) electrons. The molecule has 15 heavy (non-hydrogen) atoms. The molecule has 0 spiro atoms. The Bertz CT molecular complexity index is 449. The fourth-order valence-corrected chi connectivity index (χ4v) is 2.88. The fourth-order valence-electron chi connectivity index (χ4n) is 1.46. The zero-order valence-corrected chi connectivity index (χ0v) is 10.8. The van der Waals surface area contributed by atoms with Gasteiger partial charge in [-0.1, -0.05) is 0 Å². The van der Waals surface area contributed by atoms with E-state index in [-0.39, 0.29) is 6.04 Å². The van der Waals surface area contributed by atoms with Gasteiger partial charge >= 0.3 is 0 Å². The van der Waals surface area contributed by atoms with Gasteiger partial charge in [-0.05, 0) is 40.0 Å². The molecular weight excluding hydrogens is 274 g/mol. The standard InChI is InChI=1S/C10H12BrN3S/c1-14-6-7(5-13-14)4-8(12)9-2-3-10(11)15-9/h2-3,5-6,8H,4,12H2,1H3. The molecule has 80 valence electrons. The summed E-state index contributed by atoms with van der Waals surface area (Å²) in [6.45, 7) is 0. The average Bonchev–Trinajstić information content (AvgIpc) is 2.75. The number of hydrogen-bond acceptors (Lipinski definition) is 3. The van der Waals surface area contributed by atoms with Crippen molar-refractivity contribution in [2.75, 3.05) is 0 Å². The Kier molecular flexibility index (Phi) is 3.23. The van der Waals surface area contributed by atoms with Crippen LogP contribution >= 0.6 is 27.3 Å². The maximum Gasteiger partial charge on any atom is 0.0701 e. The minimum absolute atomic E-state index is 0.0606. The second-order valence-electron chi connectivity index (χ2n) is 3.47. The Morgan fingerprint density at radius 3 is 2.93 bits per heavy atom. The van der Waals surface area contributed by atoms with Gasteiger partial charge < -0.3 is 5.73 Å². The summed E-state index contributed by atoms with van der Waals surface area (Å²) in [5.74, 6) is 0. The first-order valence-electron chi connectivity index (χ1n) is 4.63. The minimum atomic E-state index is 0.0606. The SMILES string of the molecule is Cn1cc(CC(N)c2ccc(Br)s2)cn1. The number of thiophene rings is 1. The monoisotopic (exact) mass is 285 g/mol. The quantitative estimate of drug-likeness (QED) is 0.942. The lowest BCUT2D eigenvalue weighted by molar-refractivity contribution is 0.732. The first-order chi connectivity index (χ1) is 7.15. The molecule has 0 aliphatic heterocycles. The van der Waals surface area contributed by atoms with Crippen LogP contribution < -0.4 is 5.73 Å². The first kappa shape index (κ1) is 10.9. The number of nitrogens with two attached hydrogens (primary N) is 1. The van der Waals surface area contributed by atoms with Crippen LogP contribution in [0.2, 0.25) is 0 Å². The molecule has 0 amide bonds. The van der Waals surface area contributed by atoms with Crippen molar-refractivity contribution in [3.8, 4) is 0 Å². The van der Waals surface area contributed by atoms with Crippen molar-refractivity contribution in [1.82, 2.24) is 9.78 Å². The molecule has 0 saturated heterocycles. The van der Waals surface area contributed by atoms with Gasteiger partial charge in [0.25, 0.3) is 0 Å². The van der Waals surface area contributed by atoms with E-state index in [2.05, 4.69) is 27.1 Å². The van der Waals surface area contributed by atoms with Gasteiger partial charge in [-0.2, -0.15) is 5.10 Å². The van der Waals surface area contributed by atoms with E-state index in [1.807, 2.05) is 25.5 Å². The lowest BCUT2D eigenvalue weighted by atomic mass is 10.1. The van der Waals surface area contributed by atoms with Crippen LogP contribution in [0.5, 0.6) is 0 Å². The second-order valence-corrected chi connectivity index (χ2v) is 5.97. The molecule has 2 heterocycles. The van der Waals surface area contributed by atoms with Crippen molar-refractivity contribution in [2.24, 2.45) is 12.8 Å². The molecule has 0 aliphatic rings. The van der Waals surface area contributed by atoms with Crippen LogP contribution in [0.1, 0.15) is 16.5 Å². The number of halogens is 1. The van der Waals surface area contributed by atoms with Crippen LogP contribution in [-0.4, -0.2) is 9.78 Å². The van der Waals surface area contributed by atoms with Gasteiger partial charge in [-0.15, -0.1) is 11.3 Å². The summed E-state index contributed by atoms with van der Waals surface area (Å²) in [5, 5.41) is 4.12. The van der Waals surface area contributed by atoms with Gasteiger partial charge in [-0.25, -0.2) is 0 Å². The van der Waals surface area contributed by atoms with Gasteiger partial charge in [0, 0.05) is 24.2 Å². The topological polar surface area (TPSA) is 43.8 Å². The molecule has 5 heteroatoms.